The van der Waals surface area contributed by atoms with Crippen LogP contribution in [-0.2, 0) is 19.5 Å². The summed E-state index contributed by atoms with van der Waals surface area (Å²) in [6.45, 7) is 6.78. The molecule has 27 heavy (non-hydrogen) atoms. The van der Waals surface area contributed by atoms with Gasteiger partial charge in [0, 0.05) is 25.6 Å². The van der Waals surface area contributed by atoms with Crippen molar-refractivity contribution in [1.82, 2.24) is 25.4 Å². The third-order valence-electron chi connectivity index (χ3n) is 5.28. The first kappa shape index (κ1) is 19.4. The molecule has 1 saturated carbocycles. The van der Waals surface area contributed by atoms with E-state index in [1.807, 2.05) is 6.07 Å². The van der Waals surface area contributed by atoms with Gasteiger partial charge in [0.25, 0.3) is 0 Å². The van der Waals surface area contributed by atoms with E-state index < -0.39 is 0 Å². The van der Waals surface area contributed by atoms with Crippen molar-refractivity contribution in [2.24, 2.45) is 10.9 Å². The summed E-state index contributed by atoms with van der Waals surface area (Å²) in [6.07, 6.45) is 7.73. The molecule has 2 aromatic rings. The molecule has 2 N–H and O–H groups in total. The highest BCUT2D eigenvalue weighted by Gasteiger charge is 2.19. The summed E-state index contributed by atoms with van der Waals surface area (Å²) in [5.74, 6) is 2.78. The van der Waals surface area contributed by atoms with Gasteiger partial charge < -0.3 is 15.2 Å². The number of hydrogen-bond donors (Lipinski definition) is 2. The van der Waals surface area contributed by atoms with Crippen molar-refractivity contribution in [2.75, 3.05) is 6.54 Å². The van der Waals surface area contributed by atoms with E-state index in [-0.39, 0.29) is 0 Å². The standard InChI is InChI=1S/C21H32N6/c1-3-20-26-24-16-27(20)14-13-22-21(23-15-18-7-5-4-6-8-18)25-19-11-9-17(2)10-12-19/h4-8,16-17,19H,3,9-15H2,1-2H3,(H2,22,23,25). The molecule has 6 heteroatoms. The number of nitrogens with one attached hydrogen (secondary N) is 2. The minimum absolute atomic E-state index is 0.518. The van der Waals surface area contributed by atoms with Crippen LogP contribution < -0.4 is 10.6 Å². The van der Waals surface area contributed by atoms with Crippen molar-refractivity contribution >= 4 is 5.96 Å². The second-order valence-corrected chi connectivity index (χ2v) is 7.47. The zero-order valence-electron chi connectivity index (χ0n) is 16.6. The van der Waals surface area contributed by atoms with Crippen molar-refractivity contribution in [3.8, 4) is 0 Å². The molecule has 0 spiro atoms. The monoisotopic (exact) mass is 368 g/mol. The van der Waals surface area contributed by atoms with Gasteiger partial charge in [0.1, 0.15) is 12.2 Å². The van der Waals surface area contributed by atoms with Gasteiger partial charge in [-0.15, -0.1) is 10.2 Å². The van der Waals surface area contributed by atoms with Crippen LogP contribution in [0.2, 0.25) is 0 Å². The Morgan fingerprint density at radius 2 is 1.96 bits per heavy atom. The highest BCUT2D eigenvalue weighted by Crippen LogP contribution is 2.23. The summed E-state index contributed by atoms with van der Waals surface area (Å²) in [5.41, 5.74) is 1.22. The predicted molar refractivity (Wildman–Crippen MR) is 110 cm³/mol. The summed E-state index contributed by atoms with van der Waals surface area (Å²) < 4.78 is 2.10. The maximum absolute atomic E-state index is 4.82. The lowest BCUT2D eigenvalue weighted by Crippen LogP contribution is -2.45. The third kappa shape index (κ3) is 6.08. The van der Waals surface area contributed by atoms with E-state index in [1.165, 1.54) is 31.2 Å². The van der Waals surface area contributed by atoms with Crippen LogP contribution in [0, 0.1) is 5.92 Å². The zero-order valence-corrected chi connectivity index (χ0v) is 16.6. The van der Waals surface area contributed by atoms with Crippen molar-refractivity contribution in [3.63, 3.8) is 0 Å². The van der Waals surface area contributed by atoms with Crippen LogP contribution in [0.25, 0.3) is 0 Å². The van der Waals surface area contributed by atoms with Crippen LogP contribution in [0.4, 0.5) is 0 Å². The van der Waals surface area contributed by atoms with Gasteiger partial charge in [-0.2, -0.15) is 0 Å². The minimum Gasteiger partial charge on any atom is -0.355 e. The topological polar surface area (TPSA) is 67.1 Å². The van der Waals surface area contributed by atoms with E-state index in [4.69, 9.17) is 4.99 Å². The molecule has 0 amide bonds. The summed E-state index contributed by atoms with van der Waals surface area (Å²) in [7, 11) is 0. The first-order valence-corrected chi connectivity index (χ1v) is 10.2. The fraction of sp³-hybridized carbons (Fsp3) is 0.571. The van der Waals surface area contributed by atoms with Crippen LogP contribution in [-0.4, -0.2) is 33.3 Å². The Morgan fingerprint density at radius 3 is 2.70 bits per heavy atom. The van der Waals surface area contributed by atoms with Crippen LogP contribution in [0.15, 0.2) is 41.7 Å². The molecular weight excluding hydrogens is 336 g/mol. The predicted octanol–water partition coefficient (Wildman–Crippen LogP) is 3.15. The normalized spacial score (nSPS) is 20.4. The maximum atomic E-state index is 4.82. The fourth-order valence-corrected chi connectivity index (χ4v) is 3.54. The smallest absolute Gasteiger partial charge is 0.191 e. The number of nitrogens with zero attached hydrogens (tertiary/aromatic N) is 4. The zero-order chi connectivity index (χ0) is 18.9. The number of aryl methyl sites for hydroxylation is 1. The Balaban J connectivity index is 1.58. The van der Waals surface area contributed by atoms with Crippen molar-refractivity contribution in [3.05, 3.63) is 48.0 Å². The van der Waals surface area contributed by atoms with Gasteiger partial charge in [0.2, 0.25) is 0 Å². The molecule has 1 aromatic heterocycles. The van der Waals surface area contributed by atoms with E-state index in [0.29, 0.717) is 12.6 Å². The third-order valence-corrected chi connectivity index (χ3v) is 5.28. The molecule has 0 atom stereocenters. The van der Waals surface area contributed by atoms with Crippen LogP contribution >= 0.6 is 0 Å². The molecule has 146 valence electrons. The second kappa shape index (κ2) is 10.1. The Hall–Kier alpha value is -2.37. The summed E-state index contributed by atoms with van der Waals surface area (Å²) in [5, 5.41) is 15.3. The van der Waals surface area contributed by atoms with Crippen LogP contribution in [0.1, 0.15) is 50.9 Å². The number of guanidine groups is 1. The molecule has 0 radical (unpaired) electrons. The fourth-order valence-electron chi connectivity index (χ4n) is 3.54. The SMILES string of the molecule is CCc1nncn1CCNC(=NCc1ccccc1)NC1CCC(C)CC1. The van der Waals surface area contributed by atoms with Gasteiger partial charge in [-0.1, -0.05) is 44.2 Å². The van der Waals surface area contributed by atoms with Gasteiger partial charge in [-0.05, 0) is 37.2 Å². The first-order valence-electron chi connectivity index (χ1n) is 10.2. The molecule has 0 unspecified atom stereocenters. The van der Waals surface area contributed by atoms with Crippen LogP contribution in [0.5, 0.6) is 0 Å². The van der Waals surface area contributed by atoms with E-state index in [2.05, 4.69) is 63.5 Å². The number of hydrogen-bond acceptors (Lipinski definition) is 3. The Kier molecular flexibility index (Phi) is 7.25. The first-order chi connectivity index (χ1) is 13.2. The molecule has 3 rings (SSSR count). The van der Waals surface area contributed by atoms with Gasteiger partial charge in [-0.25, -0.2) is 4.99 Å². The second-order valence-electron chi connectivity index (χ2n) is 7.47. The average molecular weight is 369 g/mol. The average Bonchev–Trinajstić information content (AvgIpc) is 3.16. The molecule has 1 fully saturated rings. The lowest BCUT2D eigenvalue weighted by atomic mass is 9.87. The molecule has 1 aliphatic rings. The Morgan fingerprint density at radius 1 is 1.19 bits per heavy atom. The van der Waals surface area contributed by atoms with Gasteiger partial charge >= 0.3 is 0 Å². The lowest BCUT2D eigenvalue weighted by Gasteiger charge is -2.28. The highest BCUT2D eigenvalue weighted by molar-refractivity contribution is 5.80. The quantitative estimate of drug-likeness (QED) is 0.582. The van der Waals surface area contributed by atoms with Crippen molar-refractivity contribution in [2.45, 2.75) is 65.1 Å². The Bertz CT molecular complexity index is 700. The van der Waals surface area contributed by atoms with Crippen molar-refractivity contribution < 1.29 is 0 Å². The Labute approximate surface area is 162 Å². The molecule has 1 aliphatic carbocycles. The number of aromatic nitrogens is 3. The van der Waals surface area contributed by atoms with E-state index >= 15 is 0 Å². The molecule has 0 aliphatic heterocycles. The molecule has 1 aromatic carbocycles. The number of rotatable bonds is 7. The highest BCUT2D eigenvalue weighted by atomic mass is 15.3. The van der Waals surface area contributed by atoms with E-state index in [1.54, 1.807) is 6.33 Å². The summed E-state index contributed by atoms with van der Waals surface area (Å²) in [4.78, 5) is 4.82. The summed E-state index contributed by atoms with van der Waals surface area (Å²) >= 11 is 0. The molecule has 0 bridgehead atoms. The number of aliphatic imine (C=N–C) groups is 1. The number of benzene rings is 1. The minimum atomic E-state index is 0.518. The van der Waals surface area contributed by atoms with E-state index in [0.717, 1.165) is 37.2 Å². The lowest BCUT2D eigenvalue weighted by molar-refractivity contribution is 0.329. The van der Waals surface area contributed by atoms with Crippen LogP contribution in [0.3, 0.4) is 0 Å². The largest absolute Gasteiger partial charge is 0.355 e. The molecule has 1 heterocycles. The van der Waals surface area contributed by atoms with Gasteiger partial charge in [0.05, 0.1) is 6.54 Å². The van der Waals surface area contributed by atoms with E-state index in [9.17, 15) is 0 Å². The van der Waals surface area contributed by atoms with Crippen molar-refractivity contribution in [1.29, 1.82) is 0 Å². The maximum Gasteiger partial charge on any atom is 0.191 e. The molecule has 6 nitrogen and oxygen atoms in total. The summed E-state index contributed by atoms with van der Waals surface area (Å²) in [6, 6.07) is 10.9. The van der Waals surface area contributed by atoms with Gasteiger partial charge in [0.15, 0.2) is 5.96 Å². The molecule has 0 saturated heterocycles. The molecular formula is C21H32N6. The van der Waals surface area contributed by atoms with Gasteiger partial charge in [-0.3, -0.25) is 0 Å².